The lowest BCUT2D eigenvalue weighted by Crippen LogP contribution is -2.29. The zero-order chi connectivity index (χ0) is 7.82. The number of rotatable bonds is 5. The van der Waals surface area contributed by atoms with Gasteiger partial charge in [-0.3, -0.25) is 0 Å². The van der Waals surface area contributed by atoms with E-state index in [0.29, 0.717) is 13.0 Å². The van der Waals surface area contributed by atoms with Gasteiger partial charge in [-0.2, -0.15) is 0 Å². The number of primary amides is 1. The Labute approximate surface area is 60.4 Å². The van der Waals surface area contributed by atoms with Crippen molar-refractivity contribution in [2.24, 2.45) is 5.73 Å². The van der Waals surface area contributed by atoms with E-state index in [1.54, 1.807) is 0 Å². The molecule has 0 aliphatic heterocycles. The second kappa shape index (κ2) is 6.35. The molecule has 1 radical (unpaired) electrons. The van der Waals surface area contributed by atoms with Crippen molar-refractivity contribution in [1.82, 2.24) is 5.32 Å². The van der Waals surface area contributed by atoms with E-state index in [0.717, 1.165) is 12.8 Å². The Morgan fingerprint density at radius 3 is 2.50 bits per heavy atom. The van der Waals surface area contributed by atoms with E-state index in [1.165, 1.54) is 0 Å². The minimum atomic E-state index is -0.498. The summed E-state index contributed by atoms with van der Waals surface area (Å²) in [6, 6.07) is -0.498. The molecule has 0 bridgehead atoms. The van der Waals surface area contributed by atoms with Gasteiger partial charge in [0.05, 0.1) is 6.61 Å². The lowest BCUT2D eigenvalue weighted by molar-refractivity contribution is 0.186. The molecule has 10 heavy (non-hydrogen) atoms. The van der Waals surface area contributed by atoms with E-state index in [4.69, 9.17) is 5.73 Å². The fourth-order valence-corrected chi connectivity index (χ4v) is 0.615. The molecule has 0 aliphatic rings. The normalized spacial score (nSPS) is 9.30. The van der Waals surface area contributed by atoms with Crippen LogP contribution < -0.4 is 11.1 Å². The van der Waals surface area contributed by atoms with Gasteiger partial charge in [0.1, 0.15) is 0 Å². The standard InChI is InChI=1S/C6H13N2O2/c7-6(10)8-4-2-1-3-5-9/h1-5H2,(H3,7,8,10). The molecule has 0 aliphatic carbocycles. The van der Waals surface area contributed by atoms with Crippen molar-refractivity contribution < 1.29 is 9.90 Å². The molecular formula is C6H13N2O2. The molecule has 3 N–H and O–H groups in total. The first-order valence-electron chi connectivity index (χ1n) is 3.39. The van der Waals surface area contributed by atoms with Crippen LogP contribution in [0.15, 0.2) is 0 Å². The van der Waals surface area contributed by atoms with Gasteiger partial charge < -0.3 is 11.1 Å². The van der Waals surface area contributed by atoms with E-state index in [9.17, 15) is 9.90 Å². The average Bonchev–Trinajstić information content (AvgIpc) is 1.87. The van der Waals surface area contributed by atoms with Crippen molar-refractivity contribution in [3.05, 3.63) is 0 Å². The van der Waals surface area contributed by atoms with Gasteiger partial charge in [-0.15, -0.1) is 0 Å². The van der Waals surface area contributed by atoms with Gasteiger partial charge in [-0.05, 0) is 19.3 Å². The van der Waals surface area contributed by atoms with Crippen molar-refractivity contribution in [2.75, 3.05) is 13.2 Å². The smallest absolute Gasteiger partial charge is 0.312 e. The molecule has 0 aromatic rings. The molecule has 0 spiro atoms. The van der Waals surface area contributed by atoms with Gasteiger partial charge in [-0.1, -0.05) is 0 Å². The van der Waals surface area contributed by atoms with Crippen LogP contribution in [0.1, 0.15) is 19.3 Å². The molecule has 2 amide bonds. The first-order chi connectivity index (χ1) is 4.77. The Kier molecular flexibility index (Phi) is 5.86. The van der Waals surface area contributed by atoms with Gasteiger partial charge in [-0.25, -0.2) is 9.90 Å². The summed E-state index contributed by atoms with van der Waals surface area (Å²) in [5.41, 5.74) is 4.80. The molecule has 0 fully saturated rings. The fraction of sp³-hybridized carbons (Fsp3) is 0.833. The molecular weight excluding hydrogens is 132 g/mol. The third-order valence-corrected chi connectivity index (χ3v) is 1.12. The van der Waals surface area contributed by atoms with Gasteiger partial charge in [0.15, 0.2) is 0 Å². The van der Waals surface area contributed by atoms with Gasteiger partial charge in [0.2, 0.25) is 0 Å². The van der Waals surface area contributed by atoms with Crippen LogP contribution in [0.2, 0.25) is 0 Å². The second-order valence-corrected chi connectivity index (χ2v) is 2.06. The zero-order valence-electron chi connectivity index (χ0n) is 5.93. The van der Waals surface area contributed by atoms with E-state index in [1.807, 2.05) is 0 Å². The molecule has 59 valence electrons. The van der Waals surface area contributed by atoms with Gasteiger partial charge in [0, 0.05) is 6.54 Å². The van der Waals surface area contributed by atoms with Crippen LogP contribution in [0.25, 0.3) is 0 Å². The number of nitrogens with one attached hydrogen (secondary N) is 1. The minimum absolute atomic E-state index is 0.0312. The summed E-state index contributed by atoms with van der Waals surface area (Å²) in [5.74, 6) is 0. The van der Waals surface area contributed by atoms with Crippen LogP contribution in [-0.2, 0) is 5.11 Å². The maximum atomic E-state index is 10.1. The van der Waals surface area contributed by atoms with Gasteiger partial charge in [0.25, 0.3) is 0 Å². The maximum absolute atomic E-state index is 10.1. The van der Waals surface area contributed by atoms with Crippen molar-refractivity contribution in [3.8, 4) is 0 Å². The second-order valence-electron chi connectivity index (χ2n) is 2.06. The summed E-state index contributed by atoms with van der Waals surface area (Å²) in [6.45, 7) is 0.548. The molecule has 0 aromatic carbocycles. The molecule has 0 rings (SSSR count). The first-order valence-corrected chi connectivity index (χ1v) is 3.39. The Morgan fingerprint density at radius 1 is 1.30 bits per heavy atom. The molecule has 0 heterocycles. The predicted octanol–water partition coefficient (Wildman–Crippen LogP) is 0.255. The highest BCUT2D eigenvalue weighted by Gasteiger charge is 1.90. The fourth-order valence-electron chi connectivity index (χ4n) is 0.615. The third-order valence-electron chi connectivity index (χ3n) is 1.12. The summed E-state index contributed by atoms with van der Waals surface area (Å²) < 4.78 is 0. The highest BCUT2D eigenvalue weighted by molar-refractivity contribution is 5.71. The molecule has 0 saturated heterocycles. The summed E-state index contributed by atoms with van der Waals surface area (Å²) in [5, 5.41) is 12.4. The lowest BCUT2D eigenvalue weighted by Gasteiger charge is -1.98. The van der Waals surface area contributed by atoms with E-state index < -0.39 is 6.03 Å². The van der Waals surface area contributed by atoms with E-state index in [2.05, 4.69) is 5.32 Å². The summed E-state index contributed by atoms with van der Waals surface area (Å²) >= 11 is 0. The Balaban J connectivity index is 2.84. The largest absolute Gasteiger partial charge is 0.352 e. The Morgan fingerprint density at radius 2 is 2.00 bits per heavy atom. The number of carbonyl (C=O) groups excluding carboxylic acids is 1. The molecule has 0 aromatic heterocycles. The van der Waals surface area contributed by atoms with Crippen molar-refractivity contribution in [3.63, 3.8) is 0 Å². The Hall–Kier alpha value is -0.770. The lowest BCUT2D eigenvalue weighted by atomic mass is 10.2. The molecule has 4 nitrogen and oxygen atoms in total. The molecule has 0 atom stereocenters. The Bertz CT molecular complexity index is 95.7. The molecule has 0 unspecified atom stereocenters. The predicted molar refractivity (Wildman–Crippen MR) is 37.0 cm³/mol. The summed E-state index contributed by atoms with van der Waals surface area (Å²) in [4.78, 5) is 10.1. The quantitative estimate of drug-likeness (QED) is 0.535. The summed E-state index contributed by atoms with van der Waals surface area (Å²) in [7, 11) is 0. The number of unbranched alkanes of at least 4 members (excludes halogenated alkanes) is 2. The van der Waals surface area contributed by atoms with Crippen LogP contribution in [-0.4, -0.2) is 19.2 Å². The molecule has 4 heteroatoms. The van der Waals surface area contributed by atoms with E-state index >= 15 is 0 Å². The number of urea groups is 1. The van der Waals surface area contributed by atoms with Gasteiger partial charge >= 0.3 is 6.03 Å². The van der Waals surface area contributed by atoms with Crippen molar-refractivity contribution >= 4 is 6.03 Å². The number of amides is 2. The third kappa shape index (κ3) is 7.23. The monoisotopic (exact) mass is 145 g/mol. The topological polar surface area (TPSA) is 75.0 Å². The first kappa shape index (κ1) is 9.23. The highest BCUT2D eigenvalue weighted by atomic mass is 16.2. The minimum Gasteiger partial charge on any atom is -0.352 e. The summed E-state index contributed by atoms with van der Waals surface area (Å²) in [6.07, 6.45) is 2.38. The average molecular weight is 145 g/mol. The highest BCUT2D eigenvalue weighted by Crippen LogP contribution is 1.91. The van der Waals surface area contributed by atoms with Crippen LogP contribution in [0, 0.1) is 0 Å². The van der Waals surface area contributed by atoms with Crippen molar-refractivity contribution in [2.45, 2.75) is 19.3 Å². The number of nitrogens with two attached hydrogens (primary N) is 1. The zero-order valence-corrected chi connectivity index (χ0v) is 5.93. The van der Waals surface area contributed by atoms with Crippen LogP contribution >= 0.6 is 0 Å². The SMILES string of the molecule is NC(=O)NCCCCC[O]. The number of hydrogen-bond acceptors (Lipinski definition) is 1. The van der Waals surface area contributed by atoms with Crippen LogP contribution in [0.4, 0.5) is 4.79 Å². The van der Waals surface area contributed by atoms with E-state index in [-0.39, 0.29) is 6.61 Å². The van der Waals surface area contributed by atoms with Crippen LogP contribution in [0.5, 0.6) is 0 Å². The maximum Gasteiger partial charge on any atom is 0.312 e. The number of carbonyl (C=O) groups is 1. The number of hydrogen-bond donors (Lipinski definition) is 2. The van der Waals surface area contributed by atoms with Crippen molar-refractivity contribution in [1.29, 1.82) is 0 Å². The molecule has 0 saturated carbocycles. The van der Waals surface area contributed by atoms with Crippen LogP contribution in [0.3, 0.4) is 0 Å².